The van der Waals surface area contributed by atoms with Crippen molar-refractivity contribution >= 4 is 11.4 Å². The Balaban J connectivity index is 3.89. The first kappa shape index (κ1) is 9.58. The van der Waals surface area contributed by atoms with Gasteiger partial charge in [-0.25, -0.2) is 5.87 Å². The van der Waals surface area contributed by atoms with E-state index in [1.165, 1.54) is 11.9 Å². The Labute approximate surface area is 76.2 Å². The van der Waals surface area contributed by atoms with Gasteiger partial charge in [-0.2, -0.15) is 5.26 Å². The lowest BCUT2D eigenvalue weighted by atomic mass is 10.1. The molecule has 0 spiro atoms. The zero-order chi connectivity index (χ0) is 10.9. The molecule has 0 unspecified atom stereocenters. The van der Waals surface area contributed by atoms with Crippen molar-refractivity contribution in [3.8, 4) is 11.8 Å². The van der Waals surface area contributed by atoms with Crippen molar-refractivity contribution < 1.29 is 5.11 Å². The van der Waals surface area contributed by atoms with Gasteiger partial charge in [-0.3, -0.25) is 14.4 Å². The van der Waals surface area contributed by atoms with E-state index < -0.39 is 33.2 Å². The SMILES string of the molecule is N#CC(=C=[N-])c1c([O-])c(=O)c(=O)c1=O. The highest BCUT2D eigenvalue weighted by atomic mass is 16.3. The van der Waals surface area contributed by atoms with Crippen LogP contribution in [0.4, 0.5) is 0 Å². The first-order chi connectivity index (χ1) is 6.54. The summed E-state index contributed by atoms with van der Waals surface area (Å²) in [5.41, 5.74) is -6.08. The summed E-state index contributed by atoms with van der Waals surface area (Å²) in [6.45, 7) is 0. The summed E-state index contributed by atoms with van der Waals surface area (Å²) in [4.78, 5) is 32.3. The maximum Gasteiger partial charge on any atom is 0.272 e. The van der Waals surface area contributed by atoms with Gasteiger partial charge >= 0.3 is 0 Å². The first-order valence-electron chi connectivity index (χ1n) is 3.26. The summed E-state index contributed by atoms with van der Waals surface area (Å²) in [6, 6.07) is 1.27. The Morgan fingerprint density at radius 3 is 2.07 bits per heavy atom. The first-order valence-corrected chi connectivity index (χ1v) is 3.26. The Hall–Kier alpha value is -2.51. The van der Waals surface area contributed by atoms with Crippen molar-refractivity contribution in [2.45, 2.75) is 0 Å². The van der Waals surface area contributed by atoms with E-state index in [4.69, 9.17) is 10.7 Å². The van der Waals surface area contributed by atoms with Crippen molar-refractivity contribution in [3.05, 3.63) is 41.6 Å². The van der Waals surface area contributed by atoms with E-state index in [0.717, 1.165) is 0 Å². The quantitative estimate of drug-likeness (QED) is 0.283. The van der Waals surface area contributed by atoms with Gasteiger partial charge in [-0.05, 0) is 5.75 Å². The van der Waals surface area contributed by atoms with E-state index in [1.807, 2.05) is 0 Å². The molecule has 0 aromatic heterocycles. The third kappa shape index (κ3) is 1.05. The smallest absolute Gasteiger partial charge is 0.272 e. The molecule has 0 saturated carbocycles. The molecule has 0 atom stereocenters. The van der Waals surface area contributed by atoms with Gasteiger partial charge in [-0.15, -0.1) is 0 Å². The van der Waals surface area contributed by atoms with E-state index in [2.05, 4.69) is 0 Å². The zero-order valence-corrected chi connectivity index (χ0v) is 6.53. The fraction of sp³-hybridized carbons (Fsp3) is 0. The molecular weight excluding hydrogens is 188 g/mol. The molecule has 0 fully saturated rings. The predicted octanol–water partition coefficient (Wildman–Crippen LogP) is -2.14. The molecule has 0 heterocycles. The fourth-order valence-corrected chi connectivity index (χ4v) is 0.900. The van der Waals surface area contributed by atoms with Gasteiger partial charge in [0.2, 0.25) is 10.9 Å². The van der Waals surface area contributed by atoms with Gasteiger partial charge < -0.3 is 10.5 Å². The lowest BCUT2D eigenvalue weighted by molar-refractivity contribution is -0.269. The fourth-order valence-electron chi connectivity index (χ4n) is 0.900. The Bertz CT molecular complexity index is 622. The van der Waals surface area contributed by atoms with Crippen LogP contribution in [0.1, 0.15) is 5.56 Å². The molecule has 0 saturated heterocycles. The number of nitrogens with zero attached hydrogens (tertiary/aromatic N) is 2. The van der Waals surface area contributed by atoms with Crippen LogP contribution in [0.15, 0.2) is 14.4 Å². The van der Waals surface area contributed by atoms with Crippen LogP contribution in [0.25, 0.3) is 11.0 Å². The molecule has 6 nitrogen and oxygen atoms in total. The standard InChI is InChI=1S/C8HN2O4/c9-1-3(2-10)4-5(11)7(13)8(14)6(4)12/h11H/q-1/p-1. The molecule has 0 aliphatic carbocycles. The number of nitriles is 1. The molecule has 1 rings (SSSR count). The second-order valence-corrected chi connectivity index (χ2v) is 2.29. The molecule has 0 bridgehead atoms. The maximum atomic E-state index is 10.9. The van der Waals surface area contributed by atoms with Crippen LogP contribution in [0.2, 0.25) is 0 Å². The minimum Gasteiger partial charge on any atom is -0.869 e. The van der Waals surface area contributed by atoms with Crippen LogP contribution in [0.5, 0.6) is 5.75 Å². The number of hydrogen-bond acceptors (Lipinski definition) is 5. The maximum absolute atomic E-state index is 10.9. The van der Waals surface area contributed by atoms with E-state index in [1.54, 1.807) is 0 Å². The van der Waals surface area contributed by atoms with Gasteiger partial charge in [0.1, 0.15) is 6.07 Å². The second kappa shape index (κ2) is 3.09. The van der Waals surface area contributed by atoms with Crippen LogP contribution in [-0.4, -0.2) is 5.87 Å². The molecule has 0 N–H and O–H groups in total. The normalized spacial score (nSPS) is 9.07. The molecule has 6 heteroatoms. The monoisotopic (exact) mass is 188 g/mol. The summed E-state index contributed by atoms with van der Waals surface area (Å²) in [5.74, 6) is -0.109. The van der Waals surface area contributed by atoms with Gasteiger partial charge in [0.05, 0.1) is 5.57 Å². The van der Waals surface area contributed by atoms with E-state index in [0.29, 0.717) is 0 Å². The third-order valence-corrected chi connectivity index (χ3v) is 1.55. The molecule has 0 aliphatic rings. The van der Waals surface area contributed by atoms with Gasteiger partial charge in [0.25, 0.3) is 5.43 Å². The molecule has 68 valence electrons. The molecule has 0 radical (unpaired) electrons. The average molecular weight is 188 g/mol. The highest BCUT2D eigenvalue weighted by molar-refractivity contribution is 5.99. The number of hydrogen-bond donors (Lipinski definition) is 0. The predicted molar refractivity (Wildman–Crippen MR) is 44.5 cm³/mol. The lowest BCUT2D eigenvalue weighted by Crippen LogP contribution is -2.30. The largest absolute Gasteiger partial charge is 0.869 e. The summed E-state index contributed by atoms with van der Waals surface area (Å²) >= 11 is 0. The molecule has 1 aromatic rings. The van der Waals surface area contributed by atoms with Gasteiger partial charge in [0, 0.05) is 5.56 Å². The number of allylic oxidation sites excluding steroid dienone is 1. The van der Waals surface area contributed by atoms with Crippen LogP contribution in [0.3, 0.4) is 0 Å². The Morgan fingerprint density at radius 2 is 1.79 bits per heavy atom. The molecule has 14 heavy (non-hydrogen) atoms. The van der Waals surface area contributed by atoms with Crippen LogP contribution in [0, 0.1) is 11.3 Å². The molecule has 0 aliphatic heterocycles. The Morgan fingerprint density at radius 1 is 1.21 bits per heavy atom. The van der Waals surface area contributed by atoms with Crippen molar-refractivity contribution in [2.75, 3.05) is 0 Å². The summed E-state index contributed by atoms with van der Waals surface area (Å²) in [7, 11) is 0. The van der Waals surface area contributed by atoms with Crippen LogP contribution >= 0.6 is 0 Å². The van der Waals surface area contributed by atoms with E-state index in [9.17, 15) is 19.5 Å². The zero-order valence-electron chi connectivity index (χ0n) is 6.53. The van der Waals surface area contributed by atoms with Gasteiger partial charge in [0.15, 0.2) is 0 Å². The average Bonchev–Trinajstić information content (AvgIpc) is 2.37. The van der Waals surface area contributed by atoms with E-state index >= 15 is 0 Å². The highest BCUT2D eigenvalue weighted by Gasteiger charge is 2.15. The van der Waals surface area contributed by atoms with Crippen LogP contribution < -0.4 is 21.4 Å². The minimum absolute atomic E-state index is 0.806. The molecular formula is C8N2O4-2. The van der Waals surface area contributed by atoms with Crippen molar-refractivity contribution in [1.29, 1.82) is 5.26 Å². The summed E-state index contributed by atoms with van der Waals surface area (Å²) in [6.07, 6.45) is 0. The Kier molecular flexibility index (Phi) is 2.11. The van der Waals surface area contributed by atoms with E-state index in [-0.39, 0.29) is 0 Å². The van der Waals surface area contributed by atoms with Gasteiger partial charge in [-0.1, -0.05) is 0 Å². The van der Waals surface area contributed by atoms with Crippen molar-refractivity contribution in [1.82, 2.24) is 0 Å². The highest BCUT2D eigenvalue weighted by Crippen LogP contribution is 2.10. The number of rotatable bonds is 1. The van der Waals surface area contributed by atoms with Crippen LogP contribution in [-0.2, 0) is 0 Å². The van der Waals surface area contributed by atoms with Crippen molar-refractivity contribution in [2.24, 2.45) is 0 Å². The third-order valence-electron chi connectivity index (χ3n) is 1.55. The minimum atomic E-state index is -1.49. The lowest BCUT2D eigenvalue weighted by Gasteiger charge is -2.01. The second-order valence-electron chi connectivity index (χ2n) is 2.29. The topological polar surface area (TPSA) is 120 Å². The summed E-state index contributed by atoms with van der Waals surface area (Å²) in [5, 5.41) is 27.6. The molecule has 0 amide bonds. The molecule has 1 aromatic carbocycles. The summed E-state index contributed by atoms with van der Waals surface area (Å²) < 4.78 is 0. The van der Waals surface area contributed by atoms with Crippen molar-refractivity contribution in [3.63, 3.8) is 0 Å².